The average Bonchev–Trinajstić information content (AvgIpc) is 2.72. The minimum atomic E-state index is -0.105. The van der Waals surface area contributed by atoms with Crippen molar-refractivity contribution in [1.82, 2.24) is 0 Å². The summed E-state index contributed by atoms with van der Waals surface area (Å²) in [6, 6.07) is 12.0. The molecule has 0 nitrogen and oxygen atoms in total. The molecule has 0 radical (unpaired) electrons. The maximum absolute atomic E-state index is 13.2. The van der Waals surface area contributed by atoms with Crippen LogP contribution < -0.4 is 0 Å². The molecule has 1 atom stereocenters. The molecular weight excluding hydrogens is 367 g/mol. The Morgan fingerprint density at radius 2 is 1.47 bits per heavy atom. The van der Waals surface area contributed by atoms with Gasteiger partial charge in [-0.1, -0.05) is 67.3 Å². The van der Waals surface area contributed by atoms with E-state index in [1.807, 2.05) is 19.9 Å². The lowest BCUT2D eigenvalue weighted by atomic mass is 9.92. The van der Waals surface area contributed by atoms with Gasteiger partial charge in [-0.25, -0.2) is 4.39 Å². The molecule has 0 bridgehead atoms. The fourth-order valence-electron chi connectivity index (χ4n) is 3.21. The maximum atomic E-state index is 13.2. The van der Waals surface area contributed by atoms with E-state index in [0.29, 0.717) is 5.92 Å². The predicted octanol–water partition coefficient (Wildman–Crippen LogP) is 9.45. The molecule has 0 spiro atoms. The van der Waals surface area contributed by atoms with Gasteiger partial charge in [-0.15, -0.1) is 32.9 Å². The van der Waals surface area contributed by atoms with Gasteiger partial charge in [0.15, 0.2) is 0 Å². The van der Waals surface area contributed by atoms with Crippen molar-refractivity contribution in [1.29, 1.82) is 0 Å². The Hall–Kier alpha value is -2.41. The van der Waals surface area contributed by atoms with Crippen molar-refractivity contribution in [3.8, 4) is 0 Å². The van der Waals surface area contributed by atoms with Crippen molar-refractivity contribution >= 4 is 0 Å². The largest absolute Gasteiger partial charge is 0.207 e. The normalized spacial score (nSPS) is 10.2. The first-order chi connectivity index (χ1) is 14.2. The minimum Gasteiger partial charge on any atom is -0.207 e. The van der Waals surface area contributed by atoms with Crippen LogP contribution in [-0.4, -0.2) is 0 Å². The highest BCUT2D eigenvalue weighted by Gasteiger charge is 2.06. The van der Waals surface area contributed by atoms with Crippen LogP contribution >= 0.6 is 0 Å². The zero-order valence-corrected chi connectivity index (χ0v) is 20.3. The van der Waals surface area contributed by atoms with E-state index in [0.717, 1.165) is 29.5 Å². The highest BCUT2D eigenvalue weighted by atomic mass is 19.1. The molecule has 0 heterocycles. The van der Waals surface area contributed by atoms with Crippen LogP contribution in [0.1, 0.15) is 73.8 Å². The van der Waals surface area contributed by atoms with Crippen molar-refractivity contribution in [2.45, 2.75) is 73.1 Å². The van der Waals surface area contributed by atoms with Crippen molar-refractivity contribution in [3.63, 3.8) is 0 Å². The Kier molecular flexibility index (Phi) is 17.3. The van der Waals surface area contributed by atoms with Crippen molar-refractivity contribution in [2.24, 2.45) is 0 Å². The van der Waals surface area contributed by atoms with Gasteiger partial charge in [-0.3, -0.25) is 0 Å². The Bertz CT molecular complexity index is 740. The second kappa shape index (κ2) is 17.4. The second-order valence-electron chi connectivity index (χ2n) is 7.60. The summed E-state index contributed by atoms with van der Waals surface area (Å²) in [5, 5.41) is 0. The topological polar surface area (TPSA) is 0 Å². The van der Waals surface area contributed by atoms with Gasteiger partial charge in [0.2, 0.25) is 0 Å². The minimum absolute atomic E-state index is 0.105. The van der Waals surface area contributed by atoms with E-state index in [1.165, 1.54) is 35.6 Å². The summed E-state index contributed by atoms with van der Waals surface area (Å²) in [5.41, 5.74) is 7.33. The van der Waals surface area contributed by atoms with E-state index in [4.69, 9.17) is 0 Å². The number of benzene rings is 2. The van der Waals surface area contributed by atoms with Crippen LogP contribution in [0.15, 0.2) is 74.9 Å². The molecule has 166 valence electrons. The van der Waals surface area contributed by atoms with Crippen LogP contribution in [0.4, 0.5) is 4.39 Å². The summed E-state index contributed by atoms with van der Waals surface area (Å²) in [6.07, 6.45) is 4.18. The Labute approximate surface area is 186 Å². The van der Waals surface area contributed by atoms with Crippen LogP contribution in [0.2, 0.25) is 0 Å². The first-order valence-electron chi connectivity index (χ1n) is 10.7. The SMILES string of the molecule is C=C.C=C.C=C(C)CCc1cc(C)ccc1F.CCCC(C)c1ccc(C)cc1C. The molecule has 0 N–H and O–H groups in total. The lowest BCUT2D eigenvalue weighted by Gasteiger charge is -2.13. The molecule has 0 aliphatic heterocycles. The molecule has 0 aromatic heterocycles. The average molecular weight is 411 g/mol. The summed E-state index contributed by atoms with van der Waals surface area (Å²) >= 11 is 0. The Morgan fingerprint density at radius 1 is 0.933 bits per heavy atom. The molecular formula is C29H43F. The first kappa shape index (κ1) is 29.8. The lowest BCUT2D eigenvalue weighted by molar-refractivity contribution is 0.608. The van der Waals surface area contributed by atoms with Crippen LogP contribution in [0.25, 0.3) is 0 Å². The van der Waals surface area contributed by atoms with Crippen LogP contribution in [-0.2, 0) is 6.42 Å². The zero-order chi connectivity index (χ0) is 23.7. The molecule has 0 amide bonds. The highest BCUT2D eigenvalue weighted by Crippen LogP contribution is 2.24. The number of hydrogen-bond acceptors (Lipinski definition) is 0. The summed E-state index contributed by atoms with van der Waals surface area (Å²) < 4.78 is 13.2. The number of allylic oxidation sites excluding steroid dienone is 1. The van der Waals surface area contributed by atoms with Gasteiger partial charge < -0.3 is 0 Å². The fourth-order valence-corrected chi connectivity index (χ4v) is 3.21. The number of hydrogen-bond donors (Lipinski definition) is 0. The van der Waals surface area contributed by atoms with E-state index in [9.17, 15) is 4.39 Å². The quantitative estimate of drug-likeness (QED) is 0.416. The molecule has 0 fully saturated rings. The van der Waals surface area contributed by atoms with Crippen LogP contribution in [0, 0.1) is 26.6 Å². The summed E-state index contributed by atoms with van der Waals surface area (Å²) in [7, 11) is 0. The van der Waals surface area contributed by atoms with Gasteiger partial charge >= 0.3 is 0 Å². The zero-order valence-electron chi connectivity index (χ0n) is 20.3. The molecule has 0 saturated carbocycles. The fraction of sp³-hybridized carbons (Fsp3) is 0.379. The smallest absolute Gasteiger partial charge is 0.126 e. The van der Waals surface area contributed by atoms with Crippen molar-refractivity contribution in [3.05, 3.63) is 109 Å². The Balaban J connectivity index is 0. The highest BCUT2D eigenvalue weighted by molar-refractivity contribution is 5.32. The first-order valence-corrected chi connectivity index (χ1v) is 10.7. The van der Waals surface area contributed by atoms with Crippen molar-refractivity contribution in [2.75, 3.05) is 0 Å². The van der Waals surface area contributed by atoms with Crippen LogP contribution in [0.3, 0.4) is 0 Å². The standard InChI is InChI=1S/C13H20.C12H15F.2C2H4/c1-5-6-11(3)13-8-7-10(2)9-12(13)4;1-9(2)4-6-11-8-10(3)5-7-12(11)13;2*1-2/h7-9,11H,5-6H2,1-4H3;5,7-8H,1,4,6H2,2-3H3;2*1-2H2. The van der Waals surface area contributed by atoms with Gasteiger partial charge in [-0.2, -0.15) is 0 Å². The number of halogens is 1. The summed E-state index contributed by atoms with van der Waals surface area (Å²) in [4.78, 5) is 0. The third-order valence-electron chi connectivity index (χ3n) is 4.70. The molecule has 1 heteroatoms. The number of aryl methyl sites for hydroxylation is 4. The monoisotopic (exact) mass is 410 g/mol. The van der Waals surface area contributed by atoms with Gasteiger partial charge in [0, 0.05) is 0 Å². The van der Waals surface area contributed by atoms with Gasteiger partial charge in [-0.05, 0) is 75.6 Å². The van der Waals surface area contributed by atoms with E-state index < -0.39 is 0 Å². The third-order valence-corrected chi connectivity index (χ3v) is 4.70. The molecule has 2 aromatic carbocycles. The van der Waals surface area contributed by atoms with E-state index >= 15 is 0 Å². The molecule has 0 aliphatic carbocycles. The predicted molar refractivity (Wildman–Crippen MR) is 136 cm³/mol. The van der Waals surface area contributed by atoms with E-state index in [2.05, 4.69) is 78.8 Å². The summed E-state index contributed by atoms with van der Waals surface area (Å²) in [6.45, 7) is 28.7. The van der Waals surface area contributed by atoms with E-state index in [-0.39, 0.29) is 5.82 Å². The molecule has 2 rings (SSSR count). The van der Waals surface area contributed by atoms with Gasteiger partial charge in [0.05, 0.1) is 0 Å². The second-order valence-corrected chi connectivity index (χ2v) is 7.60. The lowest BCUT2D eigenvalue weighted by Crippen LogP contribution is -1.96. The van der Waals surface area contributed by atoms with Gasteiger partial charge in [0.1, 0.15) is 5.82 Å². The molecule has 0 saturated heterocycles. The third kappa shape index (κ3) is 12.2. The number of rotatable bonds is 6. The molecule has 2 aromatic rings. The van der Waals surface area contributed by atoms with Crippen LogP contribution in [0.5, 0.6) is 0 Å². The van der Waals surface area contributed by atoms with Gasteiger partial charge in [0.25, 0.3) is 0 Å². The molecule has 1 unspecified atom stereocenters. The van der Waals surface area contributed by atoms with E-state index in [1.54, 1.807) is 6.07 Å². The maximum Gasteiger partial charge on any atom is 0.126 e. The summed E-state index contributed by atoms with van der Waals surface area (Å²) in [5.74, 6) is 0.609. The Morgan fingerprint density at radius 3 is 1.97 bits per heavy atom. The van der Waals surface area contributed by atoms with Crippen molar-refractivity contribution < 1.29 is 4.39 Å². The molecule has 30 heavy (non-hydrogen) atoms. The molecule has 0 aliphatic rings.